The molecule has 7 nitrogen and oxygen atoms in total. The van der Waals surface area contributed by atoms with Crippen molar-refractivity contribution in [1.29, 1.82) is 0 Å². The minimum Gasteiger partial charge on any atom is -0.435 e. The first-order chi connectivity index (χ1) is 10.1. The van der Waals surface area contributed by atoms with Crippen LogP contribution >= 0.6 is 0 Å². The number of ether oxygens (including phenoxy) is 1. The number of hydrogen-bond donors (Lipinski definition) is 1. The zero-order chi connectivity index (χ0) is 15.0. The predicted octanol–water partition coefficient (Wildman–Crippen LogP) is 2.01. The van der Waals surface area contributed by atoms with Crippen LogP contribution in [0, 0.1) is 6.92 Å². The molecule has 21 heavy (non-hydrogen) atoms. The van der Waals surface area contributed by atoms with Crippen LogP contribution < -0.4 is 10.5 Å². The number of aryl methyl sites for hydroxylation is 1. The van der Waals surface area contributed by atoms with Gasteiger partial charge < -0.3 is 10.5 Å². The number of ketones is 1. The van der Waals surface area contributed by atoms with E-state index in [9.17, 15) is 4.79 Å². The molecule has 0 saturated heterocycles. The van der Waals surface area contributed by atoms with Crippen LogP contribution in [0.1, 0.15) is 23.1 Å². The van der Waals surface area contributed by atoms with Gasteiger partial charge in [0.05, 0.1) is 5.56 Å². The van der Waals surface area contributed by atoms with Crippen molar-refractivity contribution < 1.29 is 9.53 Å². The second-order valence-corrected chi connectivity index (χ2v) is 4.59. The van der Waals surface area contributed by atoms with E-state index in [1.54, 1.807) is 35.0 Å². The summed E-state index contributed by atoms with van der Waals surface area (Å²) in [6.07, 6.45) is 3.33. The fourth-order valence-corrected chi connectivity index (χ4v) is 2.01. The van der Waals surface area contributed by atoms with Crippen molar-refractivity contribution in [3.05, 3.63) is 42.0 Å². The molecule has 0 amide bonds. The molecule has 0 fully saturated rings. The highest BCUT2D eigenvalue weighted by atomic mass is 16.5. The van der Waals surface area contributed by atoms with Crippen LogP contribution in [0.15, 0.2) is 30.6 Å². The number of carbonyl (C=O) groups excluding carboxylic acids is 1. The van der Waals surface area contributed by atoms with Gasteiger partial charge in [0.15, 0.2) is 5.78 Å². The van der Waals surface area contributed by atoms with Crippen LogP contribution in [-0.2, 0) is 0 Å². The van der Waals surface area contributed by atoms with Gasteiger partial charge in [-0.15, -0.1) is 10.2 Å². The van der Waals surface area contributed by atoms with Crippen LogP contribution in [-0.4, -0.2) is 25.4 Å². The van der Waals surface area contributed by atoms with Gasteiger partial charge in [-0.05, 0) is 32.0 Å². The Morgan fingerprint density at radius 2 is 2.14 bits per heavy atom. The van der Waals surface area contributed by atoms with E-state index in [2.05, 4.69) is 15.2 Å². The highest BCUT2D eigenvalue weighted by Gasteiger charge is 2.14. The highest BCUT2D eigenvalue weighted by molar-refractivity contribution is 5.97. The van der Waals surface area contributed by atoms with E-state index < -0.39 is 0 Å². The molecule has 2 N–H and O–H groups in total. The number of anilines is 1. The second-order valence-electron chi connectivity index (χ2n) is 4.59. The molecule has 0 saturated carbocycles. The summed E-state index contributed by atoms with van der Waals surface area (Å²) < 4.78 is 7.50. The van der Waals surface area contributed by atoms with Gasteiger partial charge in [0, 0.05) is 18.1 Å². The van der Waals surface area contributed by atoms with Crippen molar-refractivity contribution in [2.24, 2.45) is 0 Å². The van der Waals surface area contributed by atoms with Crippen LogP contribution in [0.3, 0.4) is 0 Å². The van der Waals surface area contributed by atoms with Gasteiger partial charge in [-0.1, -0.05) is 0 Å². The normalized spacial score (nSPS) is 10.8. The van der Waals surface area contributed by atoms with E-state index in [4.69, 9.17) is 10.5 Å². The Balaban J connectivity index is 2.09. The molecule has 0 unspecified atom stereocenters. The number of Topliss-reactive ketones (excluding diaryl/α,β-unsaturated/α-hetero) is 1. The third-order valence-corrected chi connectivity index (χ3v) is 3.05. The van der Waals surface area contributed by atoms with Crippen molar-refractivity contribution in [3.8, 4) is 11.6 Å². The van der Waals surface area contributed by atoms with Crippen LogP contribution in [0.5, 0.6) is 11.6 Å². The van der Waals surface area contributed by atoms with Crippen LogP contribution in [0.25, 0.3) is 5.65 Å². The van der Waals surface area contributed by atoms with Crippen molar-refractivity contribution in [2.75, 3.05) is 5.73 Å². The lowest BCUT2D eigenvalue weighted by Gasteiger charge is -2.09. The predicted molar refractivity (Wildman–Crippen MR) is 76.5 cm³/mol. The molecule has 0 aliphatic carbocycles. The highest BCUT2D eigenvalue weighted by Crippen LogP contribution is 2.28. The average molecular weight is 283 g/mol. The summed E-state index contributed by atoms with van der Waals surface area (Å²) in [6, 6.07) is 4.88. The molecule has 0 radical (unpaired) electrons. The van der Waals surface area contributed by atoms with E-state index in [0.29, 0.717) is 22.6 Å². The zero-order valence-corrected chi connectivity index (χ0v) is 11.6. The quantitative estimate of drug-likeness (QED) is 0.583. The Labute approximate surface area is 120 Å². The lowest BCUT2D eigenvalue weighted by atomic mass is 10.1. The number of nitrogen functional groups attached to an aromatic ring is 1. The zero-order valence-electron chi connectivity index (χ0n) is 11.6. The Morgan fingerprint density at radius 1 is 1.33 bits per heavy atom. The summed E-state index contributed by atoms with van der Waals surface area (Å²) in [5.41, 5.74) is 7.09. The number of carbonyl (C=O) groups is 1. The fraction of sp³-hybridized carbons (Fsp3) is 0.143. The van der Waals surface area contributed by atoms with Gasteiger partial charge in [0.25, 0.3) is 5.88 Å². The minimum absolute atomic E-state index is 0.137. The van der Waals surface area contributed by atoms with Gasteiger partial charge in [-0.25, -0.2) is 4.98 Å². The molecular formula is C14H13N5O2. The Kier molecular flexibility index (Phi) is 3.02. The largest absolute Gasteiger partial charge is 0.435 e. The molecule has 0 atom stereocenters. The first kappa shape index (κ1) is 13.0. The molecule has 0 aliphatic rings. The molecular weight excluding hydrogens is 270 g/mol. The van der Waals surface area contributed by atoms with E-state index in [1.165, 1.54) is 6.92 Å². The van der Waals surface area contributed by atoms with Crippen molar-refractivity contribution in [2.45, 2.75) is 13.8 Å². The SMILES string of the molecule is CC(=O)c1cc(N)ccc1Oc1nccn2c(C)nnc12. The first-order valence-electron chi connectivity index (χ1n) is 6.31. The van der Waals surface area contributed by atoms with E-state index in [0.717, 1.165) is 5.82 Å². The minimum atomic E-state index is -0.137. The summed E-state index contributed by atoms with van der Waals surface area (Å²) in [5.74, 6) is 1.26. The van der Waals surface area contributed by atoms with E-state index in [-0.39, 0.29) is 11.7 Å². The lowest BCUT2D eigenvalue weighted by Crippen LogP contribution is -2.01. The number of hydrogen-bond acceptors (Lipinski definition) is 6. The monoisotopic (exact) mass is 283 g/mol. The summed E-state index contributed by atoms with van der Waals surface area (Å²) in [5, 5.41) is 8.00. The molecule has 0 bridgehead atoms. The molecule has 106 valence electrons. The molecule has 2 aromatic heterocycles. The summed E-state index contributed by atoms with van der Waals surface area (Å²) in [7, 11) is 0. The third-order valence-electron chi connectivity index (χ3n) is 3.05. The molecule has 2 heterocycles. The van der Waals surface area contributed by atoms with E-state index in [1.807, 2.05) is 6.92 Å². The molecule has 7 heteroatoms. The molecule has 0 spiro atoms. The number of rotatable bonds is 3. The number of aromatic nitrogens is 4. The third kappa shape index (κ3) is 2.29. The van der Waals surface area contributed by atoms with Gasteiger partial charge >= 0.3 is 0 Å². The standard InChI is InChI=1S/C14H13N5O2/c1-8(20)11-7-10(15)3-4-12(11)21-14-13-18-17-9(2)19(13)6-5-16-14/h3-7H,15H2,1-2H3. The van der Waals surface area contributed by atoms with Crippen LogP contribution in [0.4, 0.5) is 5.69 Å². The number of benzene rings is 1. The Hall–Kier alpha value is -2.96. The number of nitrogens with zero attached hydrogens (tertiary/aromatic N) is 4. The second kappa shape index (κ2) is 4.86. The maximum Gasteiger partial charge on any atom is 0.265 e. The summed E-state index contributed by atoms with van der Waals surface area (Å²) in [6.45, 7) is 3.28. The maximum absolute atomic E-state index is 11.7. The van der Waals surface area contributed by atoms with Crippen molar-refractivity contribution in [1.82, 2.24) is 19.6 Å². The van der Waals surface area contributed by atoms with Crippen LogP contribution in [0.2, 0.25) is 0 Å². The smallest absolute Gasteiger partial charge is 0.265 e. The van der Waals surface area contributed by atoms with Gasteiger partial charge in [-0.3, -0.25) is 9.20 Å². The van der Waals surface area contributed by atoms with Crippen molar-refractivity contribution >= 4 is 17.1 Å². The lowest BCUT2D eigenvalue weighted by molar-refractivity contribution is 0.101. The molecule has 0 aliphatic heterocycles. The molecule has 1 aromatic carbocycles. The molecule has 3 aromatic rings. The molecule has 3 rings (SSSR count). The Bertz CT molecular complexity index is 840. The topological polar surface area (TPSA) is 95.4 Å². The summed E-state index contributed by atoms with van der Waals surface area (Å²) in [4.78, 5) is 15.8. The Morgan fingerprint density at radius 3 is 2.90 bits per heavy atom. The van der Waals surface area contributed by atoms with Gasteiger partial charge in [0.1, 0.15) is 11.6 Å². The average Bonchev–Trinajstić information content (AvgIpc) is 2.83. The summed E-state index contributed by atoms with van der Waals surface area (Å²) >= 11 is 0. The maximum atomic E-state index is 11.7. The van der Waals surface area contributed by atoms with Gasteiger partial charge in [0.2, 0.25) is 5.65 Å². The number of nitrogens with two attached hydrogens (primary N) is 1. The van der Waals surface area contributed by atoms with E-state index >= 15 is 0 Å². The number of fused-ring (bicyclic) bond motifs is 1. The fourth-order valence-electron chi connectivity index (χ4n) is 2.01. The first-order valence-corrected chi connectivity index (χ1v) is 6.31. The van der Waals surface area contributed by atoms with Gasteiger partial charge in [-0.2, -0.15) is 0 Å². The van der Waals surface area contributed by atoms with Crippen molar-refractivity contribution in [3.63, 3.8) is 0 Å².